The van der Waals surface area contributed by atoms with Crippen molar-refractivity contribution in [2.75, 3.05) is 0 Å². The molecule has 0 saturated heterocycles. The quantitative estimate of drug-likeness (QED) is 0.218. The van der Waals surface area contributed by atoms with E-state index in [0.717, 1.165) is 70.5 Å². The zero-order chi connectivity index (χ0) is 23.4. The summed E-state index contributed by atoms with van der Waals surface area (Å²) in [6.07, 6.45) is 1.83. The Labute approximate surface area is 210 Å². The minimum Gasteiger partial charge on any atom is -0.254 e. The molecule has 7 rings (SSSR count). The Bertz CT molecular complexity index is 1930. The molecule has 0 aliphatic heterocycles. The molecular weight excluding hydrogens is 494 g/mol. The first-order chi connectivity index (χ1) is 17.2. The summed E-state index contributed by atoms with van der Waals surface area (Å²) in [5.41, 5.74) is 6.95. The van der Waals surface area contributed by atoms with Gasteiger partial charge in [-0.05, 0) is 47.2 Å². The normalized spacial score (nSPS) is 11.6. The number of fused-ring (bicyclic) bond motifs is 5. The molecule has 0 N–H and O–H groups in total. The van der Waals surface area contributed by atoms with Crippen molar-refractivity contribution in [3.63, 3.8) is 0 Å². The molecule has 0 spiro atoms. The number of rotatable bonds is 2. The van der Waals surface area contributed by atoms with Gasteiger partial charge in [0.05, 0.1) is 27.9 Å². The fourth-order valence-electron chi connectivity index (χ4n) is 4.87. The van der Waals surface area contributed by atoms with Crippen LogP contribution in [0, 0.1) is 0 Å². The molecule has 35 heavy (non-hydrogen) atoms. The molecule has 3 heterocycles. The smallest absolute Gasteiger partial charge is 0.0972 e. The van der Waals surface area contributed by atoms with Crippen LogP contribution in [0.4, 0.5) is 0 Å². The molecule has 0 bridgehead atoms. The van der Waals surface area contributed by atoms with E-state index < -0.39 is 0 Å². The molecule has 7 aromatic rings. The second kappa shape index (κ2) is 7.97. The van der Waals surface area contributed by atoms with Crippen LogP contribution in [-0.4, -0.2) is 15.0 Å². The number of hydrogen-bond donors (Lipinski definition) is 0. The second-order valence-electron chi connectivity index (χ2n) is 8.65. The van der Waals surface area contributed by atoms with Crippen LogP contribution < -0.4 is 0 Å². The summed E-state index contributed by atoms with van der Waals surface area (Å²) in [5.74, 6) is 0. The zero-order valence-electron chi connectivity index (χ0n) is 18.6. The SMILES string of the molecule is Brc1ccc2nc(-c3ccc(-c4ccc5ccc6cccnc6c5n4)c4ccccc34)ccc2c1. The van der Waals surface area contributed by atoms with Gasteiger partial charge in [0.15, 0.2) is 0 Å². The van der Waals surface area contributed by atoms with Gasteiger partial charge in [-0.1, -0.05) is 82.7 Å². The van der Waals surface area contributed by atoms with E-state index in [2.05, 4.69) is 112 Å². The van der Waals surface area contributed by atoms with Crippen molar-refractivity contribution in [1.82, 2.24) is 15.0 Å². The highest BCUT2D eigenvalue weighted by Crippen LogP contribution is 2.36. The van der Waals surface area contributed by atoms with E-state index in [9.17, 15) is 0 Å². The molecule has 3 nitrogen and oxygen atoms in total. The molecule has 3 aromatic heterocycles. The standard InChI is InChI=1S/C31H18BrN3/c32-22-11-16-27-21(18-22)10-15-28(34-27)25-12-13-26(24-6-2-1-5-23(24)25)29-14-9-20-8-7-19-4-3-17-33-30(19)31(20)35-29/h1-18H. The highest BCUT2D eigenvalue weighted by molar-refractivity contribution is 9.10. The summed E-state index contributed by atoms with van der Waals surface area (Å²) in [6.45, 7) is 0. The number of hydrogen-bond acceptors (Lipinski definition) is 3. The van der Waals surface area contributed by atoms with Gasteiger partial charge in [0.25, 0.3) is 0 Å². The fourth-order valence-corrected chi connectivity index (χ4v) is 5.24. The Morgan fingerprint density at radius 2 is 1.17 bits per heavy atom. The molecule has 0 radical (unpaired) electrons. The molecule has 0 amide bonds. The van der Waals surface area contributed by atoms with E-state index in [1.165, 1.54) is 0 Å². The van der Waals surface area contributed by atoms with Gasteiger partial charge in [-0.15, -0.1) is 0 Å². The Morgan fingerprint density at radius 1 is 0.514 bits per heavy atom. The molecule has 0 aliphatic rings. The minimum atomic E-state index is 0.927. The molecule has 0 aliphatic carbocycles. The van der Waals surface area contributed by atoms with Crippen LogP contribution in [0.3, 0.4) is 0 Å². The second-order valence-corrected chi connectivity index (χ2v) is 9.56. The number of nitrogens with zero attached hydrogens (tertiary/aromatic N) is 3. The molecule has 164 valence electrons. The average Bonchev–Trinajstić information content (AvgIpc) is 2.92. The predicted octanol–water partition coefficient (Wildman–Crippen LogP) is 8.58. The van der Waals surface area contributed by atoms with Gasteiger partial charge in [-0.2, -0.15) is 0 Å². The van der Waals surface area contributed by atoms with Crippen molar-refractivity contribution in [3.8, 4) is 22.5 Å². The number of halogens is 1. The predicted molar refractivity (Wildman–Crippen MR) is 148 cm³/mol. The highest BCUT2D eigenvalue weighted by atomic mass is 79.9. The molecular formula is C31H18BrN3. The van der Waals surface area contributed by atoms with Crippen molar-refractivity contribution in [3.05, 3.63) is 114 Å². The van der Waals surface area contributed by atoms with Crippen LogP contribution in [0.5, 0.6) is 0 Å². The van der Waals surface area contributed by atoms with E-state index >= 15 is 0 Å². The van der Waals surface area contributed by atoms with Crippen LogP contribution in [-0.2, 0) is 0 Å². The molecule has 0 atom stereocenters. The lowest BCUT2D eigenvalue weighted by Gasteiger charge is -2.12. The van der Waals surface area contributed by atoms with Crippen LogP contribution in [0.1, 0.15) is 0 Å². The van der Waals surface area contributed by atoms with E-state index in [4.69, 9.17) is 9.97 Å². The van der Waals surface area contributed by atoms with Crippen LogP contribution >= 0.6 is 15.9 Å². The van der Waals surface area contributed by atoms with Gasteiger partial charge in [-0.25, -0.2) is 9.97 Å². The third kappa shape index (κ3) is 3.37. The lowest BCUT2D eigenvalue weighted by Crippen LogP contribution is -1.92. The molecule has 0 saturated carbocycles. The third-order valence-electron chi connectivity index (χ3n) is 6.56. The molecule has 4 aromatic carbocycles. The van der Waals surface area contributed by atoms with Crippen molar-refractivity contribution in [1.29, 1.82) is 0 Å². The Kier molecular flexibility index (Phi) is 4.61. The summed E-state index contributed by atoms with van der Waals surface area (Å²) in [4.78, 5) is 14.7. The average molecular weight is 512 g/mol. The van der Waals surface area contributed by atoms with E-state index in [0.29, 0.717) is 0 Å². The van der Waals surface area contributed by atoms with Crippen molar-refractivity contribution < 1.29 is 0 Å². The van der Waals surface area contributed by atoms with E-state index in [-0.39, 0.29) is 0 Å². The van der Waals surface area contributed by atoms with Gasteiger partial charge in [-0.3, -0.25) is 4.98 Å². The van der Waals surface area contributed by atoms with E-state index in [1.54, 1.807) is 0 Å². The van der Waals surface area contributed by atoms with Gasteiger partial charge < -0.3 is 0 Å². The van der Waals surface area contributed by atoms with Gasteiger partial charge >= 0.3 is 0 Å². The summed E-state index contributed by atoms with van der Waals surface area (Å²) >= 11 is 3.55. The number of pyridine rings is 3. The van der Waals surface area contributed by atoms with Crippen LogP contribution in [0.15, 0.2) is 114 Å². The largest absolute Gasteiger partial charge is 0.254 e. The molecule has 0 unspecified atom stereocenters. The first-order valence-corrected chi connectivity index (χ1v) is 12.3. The summed E-state index contributed by atoms with van der Waals surface area (Å²) < 4.78 is 1.06. The maximum absolute atomic E-state index is 5.09. The van der Waals surface area contributed by atoms with Gasteiger partial charge in [0.2, 0.25) is 0 Å². The minimum absolute atomic E-state index is 0.927. The summed E-state index contributed by atoms with van der Waals surface area (Å²) in [5, 5.41) is 5.62. The molecule has 4 heteroatoms. The highest BCUT2D eigenvalue weighted by Gasteiger charge is 2.13. The van der Waals surface area contributed by atoms with E-state index in [1.807, 2.05) is 18.3 Å². The topological polar surface area (TPSA) is 38.7 Å². The van der Waals surface area contributed by atoms with Crippen molar-refractivity contribution in [2.24, 2.45) is 0 Å². The van der Waals surface area contributed by atoms with Crippen LogP contribution in [0.2, 0.25) is 0 Å². The van der Waals surface area contributed by atoms with Gasteiger partial charge in [0.1, 0.15) is 0 Å². The summed E-state index contributed by atoms with van der Waals surface area (Å²) in [7, 11) is 0. The Morgan fingerprint density at radius 3 is 1.94 bits per heavy atom. The number of benzene rings is 4. The number of aromatic nitrogens is 3. The lowest BCUT2D eigenvalue weighted by atomic mass is 9.95. The zero-order valence-corrected chi connectivity index (χ0v) is 20.2. The Hall–Kier alpha value is -4.15. The van der Waals surface area contributed by atoms with Crippen LogP contribution in [0.25, 0.3) is 66.0 Å². The third-order valence-corrected chi connectivity index (χ3v) is 7.05. The maximum Gasteiger partial charge on any atom is 0.0972 e. The van der Waals surface area contributed by atoms with Crippen molar-refractivity contribution in [2.45, 2.75) is 0 Å². The Balaban J connectivity index is 1.44. The fraction of sp³-hybridized carbons (Fsp3) is 0. The van der Waals surface area contributed by atoms with Gasteiger partial charge in [0, 0.05) is 38.0 Å². The molecule has 0 fully saturated rings. The maximum atomic E-state index is 5.09. The monoisotopic (exact) mass is 511 g/mol. The first-order valence-electron chi connectivity index (χ1n) is 11.5. The lowest BCUT2D eigenvalue weighted by molar-refractivity contribution is 1.37. The summed E-state index contributed by atoms with van der Waals surface area (Å²) in [6, 6.07) is 35.7. The first kappa shape index (κ1) is 20.2. The van der Waals surface area contributed by atoms with Crippen molar-refractivity contribution >= 4 is 59.4 Å².